The number of piperazine rings is 1. The number of nitrogens with one attached hydrogen (secondary N) is 1. The number of carbonyl (C=O) groups excluding carboxylic acids is 1. The van der Waals surface area contributed by atoms with Crippen LogP contribution in [0.25, 0.3) is 0 Å². The molecule has 0 radical (unpaired) electrons. The summed E-state index contributed by atoms with van der Waals surface area (Å²) in [5, 5.41) is 3.01. The standard InChI is InChI=1S/C16H25N3O/c1-14(2)8-9-17-16(20)19-12-10-18(11-13-19)15-6-4-3-5-7-15/h3-7,14H,8-13H2,1-2H3,(H,17,20). The van der Waals surface area contributed by atoms with Crippen molar-refractivity contribution < 1.29 is 4.79 Å². The molecule has 1 N–H and O–H groups in total. The number of anilines is 1. The molecule has 2 amide bonds. The van der Waals surface area contributed by atoms with Gasteiger partial charge in [0.05, 0.1) is 0 Å². The summed E-state index contributed by atoms with van der Waals surface area (Å²) in [7, 11) is 0. The fraction of sp³-hybridized carbons (Fsp3) is 0.562. The van der Waals surface area contributed by atoms with Gasteiger partial charge in [-0.3, -0.25) is 0 Å². The number of para-hydroxylation sites is 1. The highest BCUT2D eigenvalue weighted by molar-refractivity contribution is 5.74. The lowest BCUT2D eigenvalue weighted by molar-refractivity contribution is 0.194. The molecule has 1 heterocycles. The Bertz CT molecular complexity index is 411. The normalized spacial score (nSPS) is 15.6. The van der Waals surface area contributed by atoms with Gasteiger partial charge in [0.15, 0.2) is 0 Å². The number of hydrogen-bond donors (Lipinski definition) is 1. The van der Waals surface area contributed by atoms with Gasteiger partial charge < -0.3 is 15.1 Å². The van der Waals surface area contributed by atoms with Crippen LogP contribution in [0, 0.1) is 5.92 Å². The summed E-state index contributed by atoms with van der Waals surface area (Å²) in [4.78, 5) is 16.3. The molecule has 0 saturated carbocycles. The minimum atomic E-state index is 0.0818. The van der Waals surface area contributed by atoms with Crippen LogP contribution in [0.1, 0.15) is 20.3 Å². The fourth-order valence-electron chi connectivity index (χ4n) is 2.39. The molecule has 1 saturated heterocycles. The van der Waals surface area contributed by atoms with Crippen molar-refractivity contribution in [2.45, 2.75) is 20.3 Å². The van der Waals surface area contributed by atoms with E-state index in [1.54, 1.807) is 0 Å². The zero-order valence-electron chi connectivity index (χ0n) is 12.5. The molecule has 0 bridgehead atoms. The van der Waals surface area contributed by atoms with Crippen molar-refractivity contribution in [3.8, 4) is 0 Å². The van der Waals surface area contributed by atoms with Gasteiger partial charge in [0.25, 0.3) is 0 Å². The third-order valence-corrected chi connectivity index (χ3v) is 3.69. The highest BCUT2D eigenvalue weighted by atomic mass is 16.2. The summed E-state index contributed by atoms with van der Waals surface area (Å²) < 4.78 is 0. The molecule has 1 fully saturated rings. The van der Waals surface area contributed by atoms with Crippen molar-refractivity contribution in [1.29, 1.82) is 0 Å². The smallest absolute Gasteiger partial charge is 0.317 e. The molecule has 0 unspecified atom stereocenters. The van der Waals surface area contributed by atoms with Crippen molar-refractivity contribution in [3.63, 3.8) is 0 Å². The minimum Gasteiger partial charge on any atom is -0.368 e. The van der Waals surface area contributed by atoms with Crippen LogP contribution in [0.4, 0.5) is 10.5 Å². The first-order valence-corrected chi connectivity index (χ1v) is 7.49. The maximum absolute atomic E-state index is 12.0. The maximum atomic E-state index is 12.0. The van der Waals surface area contributed by atoms with Gasteiger partial charge in [0, 0.05) is 38.4 Å². The Labute approximate surface area is 121 Å². The second-order valence-corrected chi connectivity index (χ2v) is 5.72. The molecule has 1 aliphatic rings. The molecule has 0 spiro atoms. The van der Waals surface area contributed by atoms with E-state index in [0.717, 1.165) is 39.1 Å². The summed E-state index contributed by atoms with van der Waals surface area (Å²) in [6.07, 6.45) is 1.04. The average molecular weight is 275 g/mol. The Morgan fingerprint density at radius 1 is 1.15 bits per heavy atom. The lowest BCUT2D eigenvalue weighted by Gasteiger charge is -2.36. The van der Waals surface area contributed by atoms with Crippen molar-refractivity contribution in [2.24, 2.45) is 5.92 Å². The number of urea groups is 1. The van der Waals surface area contributed by atoms with E-state index in [1.807, 2.05) is 11.0 Å². The number of benzene rings is 1. The van der Waals surface area contributed by atoms with Gasteiger partial charge in [-0.05, 0) is 24.5 Å². The molecule has 1 aliphatic heterocycles. The Morgan fingerprint density at radius 3 is 2.40 bits per heavy atom. The van der Waals surface area contributed by atoms with Gasteiger partial charge >= 0.3 is 6.03 Å². The van der Waals surface area contributed by atoms with Crippen LogP contribution in [-0.2, 0) is 0 Å². The van der Waals surface area contributed by atoms with Crippen LogP contribution in [0.5, 0.6) is 0 Å². The summed E-state index contributed by atoms with van der Waals surface area (Å²) in [6, 6.07) is 10.5. The zero-order valence-corrected chi connectivity index (χ0v) is 12.5. The van der Waals surface area contributed by atoms with Gasteiger partial charge in [-0.15, -0.1) is 0 Å². The predicted molar refractivity (Wildman–Crippen MR) is 83.1 cm³/mol. The van der Waals surface area contributed by atoms with Crippen molar-refractivity contribution in [2.75, 3.05) is 37.6 Å². The lowest BCUT2D eigenvalue weighted by atomic mass is 10.1. The first-order valence-electron chi connectivity index (χ1n) is 7.49. The summed E-state index contributed by atoms with van der Waals surface area (Å²) in [5.74, 6) is 0.630. The molecule has 20 heavy (non-hydrogen) atoms. The SMILES string of the molecule is CC(C)CCNC(=O)N1CCN(c2ccccc2)CC1. The third-order valence-electron chi connectivity index (χ3n) is 3.69. The molecule has 0 aliphatic carbocycles. The molecule has 0 atom stereocenters. The van der Waals surface area contributed by atoms with E-state index in [9.17, 15) is 4.79 Å². The Hall–Kier alpha value is -1.71. The Balaban J connectivity index is 1.75. The van der Waals surface area contributed by atoms with E-state index in [4.69, 9.17) is 0 Å². The molecular weight excluding hydrogens is 250 g/mol. The Morgan fingerprint density at radius 2 is 1.80 bits per heavy atom. The maximum Gasteiger partial charge on any atom is 0.317 e. The van der Waals surface area contributed by atoms with Crippen LogP contribution in [-0.4, -0.2) is 43.7 Å². The molecule has 2 rings (SSSR count). The van der Waals surface area contributed by atoms with Crippen LogP contribution in [0.15, 0.2) is 30.3 Å². The third kappa shape index (κ3) is 4.15. The largest absolute Gasteiger partial charge is 0.368 e. The van der Waals surface area contributed by atoms with Gasteiger partial charge in [-0.25, -0.2) is 4.79 Å². The van der Waals surface area contributed by atoms with Crippen LogP contribution in [0.2, 0.25) is 0 Å². The minimum absolute atomic E-state index is 0.0818. The number of nitrogens with zero attached hydrogens (tertiary/aromatic N) is 2. The quantitative estimate of drug-likeness (QED) is 0.916. The van der Waals surface area contributed by atoms with E-state index in [2.05, 4.69) is 48.3 Å². The number of amides is 2. The summed E-state index contributed by atoms with van der Waals surface area (Å²) in [5.41, 5.74) is 1.24. The van der Waals surface area contributed by atoms with Crippen molar-refractivity contribution >= 4 is 11.7 Å². The van der Waals surface area contributed by atoms with Crippen molar-refractivity contribution in [1.82, 2.24) is 10.2 Å². The zero-order chi connectivity index (χ0) is 14.4. The molecule has 0 aromatic heterocycles. The lowest BCUT2D eigenvalue weighted by Crippen LogP contribution is -2.52. The van der Waals surface area contributed by atoms with Gasteiger partial charge in [-0.2, -0.15) is 0 Å². The van der Waals surface area contributed by atoms with E-state index >= 15 is 0 Å². The monoisotopic (exact) mass is 275 g/mol. The second kappa shape index (κ2) is 7.17. The molecule has 4 heteroatoms. The number of carbonyl (C=O) groups is 1. The van der Waals surface area contributed by atoms with Gasteiger partial charge in [0.1, 0.15) is 0 Å². The molecule has 1 aromatic carbocycles. The first kappa shape index (κ1) is 14.7. The van der Waals surface area contributed by atoms with E-state index in [0.29, 0.717) is 5.92 Å². The predicted octanol–water partition coefficient (Wildman–Crippen LogP) is 2.56. The number of rotatable bonds is 4. The fourth-order valence-corrected chi connectivity index (χ4v) is 2.39. The Kier molecular flexibility index (Phi) is 5.27. The van der Waals surface area contributed by atoms with Crippen LogP contribution < -0.4 is 10.2 Å². The first-order chi connectivity index (χ1) is 9.66. The second-order valence-electron chi connectivity index (χ2n) is 5.72. The highest BCUT2D eigenvalue weighted by Gasteiger charge is 2.20. The van der Waals surface area contributed by atoms with Gasteiger partial charge in [-0.1, -0.05) is 32.0 Å². The van der Waals surface area contributed by atoms with Crippen LogP contribution >= 0.6 is 0 Å². The molecule has 110 valence electrons. The summed E-state index contributed by atoms with van der Waals surface area (Å²) in [6.45, 7) is 8.51. The average Bonchev–Trinajstić information content (AvgIpc) is 2.48. The molecule has 1 aromatic rings. The van der Waals surface area contributed by atoms with E-state index in [-0.39, 0.29) is 6.03 Å². The summed E-state index contributed by atoms with van der Waals surface area (Å²) >= 11 is 0. The highest BCUT2D eigenvalue weighted by Crippen LogP contribution is 2.15. The number of hydrogen-bond acceptors (Lipinski definition) is 2. The van der Waals surface area contributed by atoms with Crippen molar-refractivity contribution in [3.05, 3.63) is 30.3 Å². The van der Waals surface area contributed by atoms with E-state index < -0.39 is 0 Å². The van der Waals surface area contributed by atoms with Gasteiger partial charge in [0.2, 0.25) is 0 Å². The molecule has 4 nitrogen and oxygen atoms in total. The van der Waals surface area contributed by atoms with E-state index in [1.165, 1.54) is 5.69 Å². The topological polar surface area (TPSA) is 35.6 Å². The molecular formula is C16H25N3O. The van der Waals surface area contributed by atoms with Crippen LogP contribution in [0.3, 0.4) is 0 Å².